The lowest BCUT2D eigenvalue weighted by Gasteiger charge is -2.37. The van der Waals surface area contributed by atoms with Crippen molar-refractivity contribution in [2.75, 3.05) is 44.3 Å². The van der Waals surface area contributed by atoms with Gasteiger partial charge in [0, 0.05) is 37.9 Å². The van der Waals surface area contributed by atoms with E-state index >= 15 is 0 Å². The fourth-order valence-electron chi connectivity index (χ4n) is 3.33. The molecule has 0 bridgehead atoms. The number of ether oxygens (including phenoxy) is 2. The van der Waals surface area contributed by atoms with Gasteiger partial charge in [0.1, 0.15) is 11.5 Å². The molecule has 0 aromatic heterocycles. The SMILES string of the molecule is CCOc1cccc(OCC(=O)N2CCN(c3cccc(C)c3C)CC2)c1. The summed E-state index contributed by atoms with van der Waals surface area (Å²) in [5.41, 5.74) is 3.88. The Balaban J connectivity index is 1.51. The number of nitrogens with zero attached hydrogens (tertiary/aromatic N) is 2. The van der Waals surface area contributed by atoms with Crippen LogP contribution in [0.25, 0.3) is 0 Å². The topological polar surface area (TPSA) is 42.0 Å². The number of rotatable bonds is 6. The molecule has 1 fully saturated rings. The fraction of sp³-hybridized carbons (Fsp3) is 0.409. The number of benzene rings is 2. The Morgan fingerprint density at radius 2 is 1.63 bits per heavy atom. The summed E-state index contributed by atoms with van der Waals surface area (Å²) in [5.74, 6) is 1.44. The molecule has 0 aliphatic carbocycles. The molecule has 27 heavy (non-hydrogen) atoms. The van der Waals surface area contributed by atoms with Crippen LogP contribution in [0.2, 0.25) is 0 Å². The number of aryl methyl sites for hydroxylation is 1. The molecule has 0 unspecified atom stereocenters. The highest BCUT2D eigenvalue weighted by Crippen LogP contribution is 2.24. The standard InChI is InChI=1S/C22H28N2O3/c1-4-26-19-8-6-9-20(15-19)27-16-22(25)24-13-11-23(12-14-24)21-10-5-7-17(2)18(21)3/h5-10,15H,4,11-14,16H2,1-3H3. The molecule has 1 aliphatic heterocycles. The van der Waals surface area contributed by atoms with Crippen LogP contribution in [0.5, 0.6) is 11.5 Å². The van der Waals surface area contributed by atoms with Crippen molar-refractivity contribution < 1.29 is 14.3 Å². The molecule has 1 amide bonds. The van der Waals surface area contributed by atoms with E-state index in [9.17, 15) is 4.79 Å². The smallest absolute Gasteiger partial charge is 0.260 e. The van der Waals surface area contributed by atoms with Crippen molar-refractivity contribution in [2.24, 2.45) is 0 Å². The molecular weight excluding hydrogens is 340 g/mol. The van der Waals surface area contributed by atoms with Gasteiger partial charge in [0.15, 0.2) is 6.61 Å². The zero-order valence-corrected chi connectivity index (χ0v) is 16.4. The first-order valence-electron chi connectivity index (χ1n) is 9.53. The summed E-state index contributed by atoms with van der Waals surface area (Å²) in [4.78, 5) is 16.7. The van der Waals surface area contributed by atoms with Crippen molar-refractivity contribution in [2.45, 2.75) is 20.8 Å². The van der Waals surface area contributed by atoms with E-state index in [-0.39, 0.29) is 12.5 Å². The molecule has 1 heterocycles. The summed E-state index contributed by atoms with van der Waals surface area (Å²) in [6.45, 7) is 10.0. The Hall–Kier alpha value is -2.69. The molecule has 1 aliphatic rings. The van der Waals surface area contributed by atoms with E-state index in [1.807, 2.05) is 36.1 Å². The first-order valence-corrected chi connectivity index (χ1v) is 9.53. The Morgan fingerprint density at radius 3 is 2.33 bits per heavy atom. The second kappa shape index (κ2) is 8.80. The first kappa shape index (κ1) is 19.1. The second-order valence-electron chi connectivity index (χ2n) is 6.78. The monoisotopic (exact) mass is 368 g/mol. The van der Waals surface area contributed by atoms with Crippen molar-refractivity contribution >= 4 is 11.6 Å². The van der Waals surface area contributed by atoms with E-state index in [0.29, 0.717) is 25.4 Å². The van der Waals surface area contributed by atoms with E-state index in [1.54, 1.807) is 0 Å². The summed E-state index contributed by atoms with van der Waals surface area (Å²) in [6.07, 6.45) is 0. The molecule has 3 rings (SSSR count). The van der Waals surface area contributed by atoms with Gasteiger partial charge >= 0.3 is 0 Å². The zero-order valence-electron chi connectivity index (χ0n) is 16.4. The molecule has 1 saturated heterocycles. The summed E-state index contributed by atoms with van der Waals surface area (Å²) < 4.78 is 11.1. The average Bonchev–Trinajstić information content (AvgIpc) is 2.69. The van der Waals surface area contributed by atoms with Crippen LogP contribution in [0.15, 0.2) is 42.5 Å². The van der Waals surface area contributed by atoms with Gasteiger partial charge in [-0.2, -0.15) is 0 Å². The van der Waals surface area contributed by atoms with Crippen molar-refractivity contribution in [3.63, 3.8) is 0 Å². The van der Waals surface area contributed by atoms with Gasteiger partial charge in [-0.15, -0.1) is 0 Å². The number of amides is 1. The molecule has 144 valence electrons. The number of hydrogen-bond acceptors (Lipinski definition) is 4. The number of carbonyl (C=O) groups excluding carboxylic acids is 1. The lowest BCUT2D eigenvalue weighted by atomic mass is 10.1. The molecule has 0 atom stereocenters. The molecule has 5 heteroatoms. The van der Waals surface area contributed by atoms with Crippen LogP contribution in [0.3, 0.4) is 0 Å². The van der Waals surface area contributed by atoms with E-state index in [4.69, 9.17) is 9.47 Å². The van der Waals surface area contributed by atoms with E-state index < -0.39 is 0 Å². The molecule has 0 saturated carbocycles. The average molecular weight is 368 g/mol. The van der Waals surface area contributed by atoms with Crippen molar-refractivity contribution in [1.29, 1.82) is 0 Å². The van der Waals surface area contributed by atoms with E-state index in [1.165, 1.54) is 16.8 Å². The third-order valence-electron chi connectivity index (χ3n) is 5.03. The van der Waals surface area contributed by atoms with Crippen LogP contribution in [0, 0.1) is 13.8 Å². The number of piperazine rings is 1. The van der Waals surface area contributed by atoms with Gasteiger partial charge in [-0.1, -0.05) is 18.2 Å². The lowest BCUT2D eigenvalue weighted by Crippen LogP contribution is -2.50. The Labute approximate surface area is 161 Å². The van der Waals surface area contributed by atoms with Crippen LogP contribution in [0.4, 0.5) is 5.69 Å². The highest BCUT2D eigenvalue weighted by Gasteiger charge is 2.22. The maximum absolute atomic E-state index is 12.5. The zero-order chi connectivity index (χ0) is 19.2. The fourth-order valence-corrected chi connectivity index (χ4v) is 3.33. The Bertz CT molecular complexity index is 783. The van der Waals surface area contributed by atoms with Crippen LogP contribution in [0.1, 0.15) is 18.1 Å². The molecule has 5 nitrogen and oxygen atoms in total. The summed E-state index contributed by atoms with van der Waals surface area (Å²) in [5, 5.41) is 0. The van der Waals surface area contributed by atoms with Crippen molar-refractivity contribution in [1.82, 2.24) is 4.90 Å². The largest absolute Gasteiger partial charge is 0.494 e. The summed E-state index contributed by atoms with van der Waals surface area (Å²) >= 11 is 0. The van der Waals surface area contributed by atoms with Gasteiger partial charge in [-0.25, -0.2) is 0 Å². The normalized spacial score (nSPS) is 14.2. The minimum absolute atomic E-state index is 0.0254. The van der Waals surface area contributed by atoms with Gasteiger partial charge in [0.2, 0.25) is 0 Å². The highest BCUT2D eigenvalue weighted by atomic mass is 16.5. The number of carbonyl (C=O) groups is 1. The van der Waals surface area contributed by atoms with Crippen LogP contribution >= 0.6 is 0 Å². The van der Waals surface area contributed by atoms with E-state index in [0.717, 1.165) is 18.8 Å². The van der Waals surface area contributed by atoms with Crippen molar-refractivity contribution in [3.05, 3.63) is 53.6 Å². The third kappa shape index (κ3) is 4.73. The lowest BCUT2D eigenvalue weighted by molar-refractivity contribution is -0.133. The van der Waals surface area contributed by atoms with Gasteiger partial charge in [-0.05, 0) is 50.1 Å². The molecular formula is C22H28N2O3. The molecule has 0 N–H and O–H groups in total. The molecule has 0 radical (unpaired) electrons. The second-order valence-corrected chi connectivity index (χ2v) is 6.78. The predicted octanol–water partition coefficient (Wildman–Crippen LogP) is 3.43. The van der Waals surface area contributed by atoms with Gasteiger partial charge in [0.05, 0.1) is 6.61 Å². The van der Waals surface area contributed by atoms with Crippen LogP contribution < -0.4 is 14.4 Å². The van der Waals surface area contributed by atoms with Crippen LogP contribution in [-0.2, 0) is 4.79 Å². The molecule has 0 spiro atoms. The van der Waals surface area contributed by atoms with Gasteiger partial charge in [-0.3, -0.25) is 4.79 Å². The minimum Gasteiger partial charge on any atom is -0.494 e. The summed E-state index contributed by atoms with van der Waals surface area (Å²) in [7, 11) is 0. The minimum atomic E-state index is 0.0254. The number of hydrogen-bond donors (Lipinski definition) is 0. The Kier molecular flexibility index (Phi) is 6.22. The molecule has 2 aromatic carbocycles. The van der Waals surface area contributed by atoms with Crippen molar-refractivity contribution in [3.8, 4) is 11.5 Å². The number of anilines is 1. The van der Waals surface area contributed by atoms with Gasteiger partial charge < -0.3 is 19.3 Å². The highest BCUT2D eigenvalue weighted by molar-refractivity contribution is 5.78. The first-order chi connectivity index (χ1) is 13.1. The quantitative estimate of drug-likeness (QED) is 0.783. The van der Waals surface area contributed by atoms with Crippen LogP contribution in [-0.4, -0.2) is 50.2 Å². The summed E-state index contributed by atoms with van der Waals surface area (Å²) in [6, 6.07) is 13.8. The van der Waals surface area contributed by atoms with E-state index in [2.05, 4.69) is 36.9 Å². The van der Waals surface area contributed by atoms with Gasteiger partial charge in [0.25, 0.3) is 5.91 Å². The maximum atomic E-state index is 12.5. The predicted molar refractivity (Wildman–Crippen MR) is 108 cm³/mol. The maximum Gasteiger partial charge on any atom is 0.260 e. The molecule has 2 aromatic rings. The Morgan fingerprint density at radius 1 is 0.963 bits per heavy atom. The third-order valence-corrected chi connectivity index (χ3v) is 5.03.